The Kier molecular flexibility index (Phi) is 5.09. The Bertz CT molecular complexity index is 486. The van der Waals surface area contributed by atoms with Crippen LogP contribution in [0.5, 0.6) is 0 Å². The lowest BCUT2D eigenvalue weighted by atomic mass is 10.2. The molecule has 1 rings (SSSR count). The second kappa shape index (κ2) is 6.38. The van der Waals surface area contributed by atoms with Gasteiger partial charge in [-0.3, -0.25) is 9.59 Å². The molecular formula is C12H13F3N2O3. The summed E-state index contributed by atoms with van der Waals surface area (Å²) in [6.45, 7) is -0.291. The number of carbonyl (C=O) groups is 2. The highest BCUT2D eigenvalue weighted by atomic mass is 19.4. The van der Waals surface area contributed by atoms with Crippen molar-refractivity contribution in [3.63, 3.8) is 0 Å². The maximum atomic E-state index is 11.9. The van der Waals surface area contributed by atoms with Crippen molar-refractivity contribution in [3.05, 3.63) is 29.8 Å². The van der Waals surface area contributed by atoms with Gasteiger partial charge in [-0.05, 0) is 31.2 Å². The number of anilines is 1. The molecule has 0 aliphatic rings. The topological polar surface area (TPSA) is 81.4 Å². The number of alkyl halides is 3. The normalized spacial score (nSPS) is 12.8. The largest absolute Gasteiger partial charge is 0.411 e. The SMILES string of the molecule is CC(OCC(F)(F)F)C(=O)Nc1ccc(C(N)=O)cc1. The first kappa shape index (κ1) is 16.0. The van der Waals surface area contributed by atoms with Crippen LogP contribution in [0.1, 0.15) is 17.3 Å². The molecular weight excluding hydrogens is 277 g/mol. The smallest absolute Gasteiger partial charge is 0.366 e. The Hall–Kier alpha value is -2.09. The van der Waals surface area contributed by atoms with E-state index in [1.807, 2.05) is 0 Å². The number of carbonyl (C=O) groups excluding carboxylic acids is 2. The van der Waals surface area contributed by atoms with Crippen LogP contribution in [-0.4, -0.2) is 30.7 Å². The minimum absolute atomic E-state index is 0.254. The summed E-state index contributed by atoms with van der Waals surface area (Å²) in [6.07, 6.45) is -5.75. The van der Waals surface area contributed by atoms with Gasteiger partial charge in [0.2, 0.25) is 5.91 Å². The minimum atomic E-state index is -4.49. The summed E-state index contributed by atoms with van der Waals surface area (Å²) in [7, 11) is 0. The molecule has 1 unspecified atom stereocenters. The van der Waals surface area contributed by atoms with E-state index in [0.29, 0.717) is 5.69 Å². The minimum Gasteiger partial charge on any atom is -0.366 e. The monoisotopic (exact) mass is 290 g/mol. The van der Waals surface area contributed by atoms with Gasteiger partial charge in [0.1, 0.15) is 12.7 Å². The first-order valence-corrected chi connectivity index (χ1v) is 5.58. The predicted octanol–water partition coefficient (Wildman–Crippen LogP) is 1.69. The third-order valence-electron chi connectivity index (χ3n) is 2.30. The lowest BCUT2D eigenvalue weighted by molar-refractivity contribution is -0.184. The average molecular weight is 290 g/mol. The fourth-order valence-corrected chi connectivity index (χ4v) is 1.26. The molecule has 1 aromatic carbocycles. The Morgan fingerprint density at radius 3 is 2.30 bits per heavy atom. The molecule has 1 atom stereocenters. The van der Waals surface area contributed by atoms with Crippen LogP contribution in [0.4, 0.5) is 18.9 Å². The van der Waals surface area contributed by atoms with Crippen LogP contribution < -0.4 is 11.1 Å². The Labute approximate surface area is 112 Å². The molecule has 110 valence electrons. The van der Waals surface area contributed by atoms with E-state index in [1.165, 1.54) is 31.2 Å². The number of nitrogens with two attached hydrogens (primary N) is 1. The molecule has 0 saturated carbocycles. The highest BCUT2D eigenvalue weighted by Crippen LogP contribution is 2.16. The predicted molar refractivity (Wildman–Crippen MR) is 65.1 cm³/mol. The fourth-order valence-electron chi connectivity index (χ4n) is 1.26. The standard InChI is InChI=1S/C12H13F3N2O3/c1-7(20-6-12(13,14)15)11(19)17-9-4-2-8(3-5-9)10(16)18/h2-5,7H,6H2,1H3,(H2,16,18)(H,17,19). The van der Waals surface area contributed by atoms with Crippen molar-refractivity contribution < 1.29 is 27.5 Å². The van der Waals surface area contributed by atoms with Gasteiger partial charge in [-0.2, -0.15) is 13.2 Å². The molecule has 8 heteroatoms. The van der Waals surface area contributed by atoms with Crippen molar-refractivity contribution in [3.8, 4) is 0 Å². The van der Waals surface area contributed by atoms with E-state index in [9.17, 15) is 22.8 Å². The van der Waals surface area contributed by atoms with Crippen LogP contribution in [0.25, 0.3) is 0 Å². The van der Waals surface area contributed by atoms with Gasteiger partial charge < -0.3 is 15.8 Å². The molecule has 3 N–H and O–H groups in total. The first-order valence-electron chi connectivity index (χ1n) is 5.58. The van der Waals surface area contributed by atoms with Crippen LogP contribution in [0, 0.1) is 0 Å². The Morgan fingerprint density at radius 1 is 1.30 bits per heavy atom. The highest BCUT2D eigenvalue weighted by molar-refractivity contribution is 5.96. The van der Waals surface area contributed by atoms with Crippen LogP contribution >= 0.6 is 0 Å². The quantitative estimate of drug-likeness (QED) is 0.865. The number of benzene rings is 1. The van der Waals surface area contributed by atoms with E-state index in [0.717, 1.165) is 0 Å². The van der Waals surface area contributed by atoms with Gasteiger partial charge in [-0.15, -0.1) is 0 Å². The van der Waals surface area contributed by atoms with Crippen molar-refractivity contribution in [1.82, 2.24) is 0 Å². The van der Waals surface area contributed by atoms with Crippen LogP contribution in [0.2, 0.25) is 0 Å². The van der Waals surface area contributed by atoms with Crippen LogP contribution in [0.15, 0.2) is 24.3 Å². The third kappa shape index (κ3) is 5.27. The zero-order chi connectivity index (χ0) is 15.3. The third-order valence-corrected chi connectivity index (χ3v) is 2.30. The van der Waals surface area contributed by atoms with Crippen molar-refractivity contribution in [1.29, 1.82) is 0 Å². The number of hydrogen-bond donors (Lipinski definition) is 2. The lowest BCUT2D eigenvalue weighted by Crippen LogP contribution is -2.31. The molecule has 0 aliphatic carbocycles. The second-order valence-electron chi connectivity index (χ2n) is 4.00. The molecule has 0 radical (unpaired) electrons. The van der Waals surface area contributed by atoms with E-state index in [2.05, 4.69) is 10.1 Å². The number of hydrogen-bond acceptors (Lipinski definition) is 3. The van der Waals surface area contributed by atoms with E-state index in [-0.39, 0.29) is 5.56 Å². The average Bonchev–Trinajstić information content (AvgIpc) is 2.35. The molecule has 0 aromatic heterocycles. The van der Waals surface area contributed by atoms with E-state index >= 15 is 0 Å². The molecule has 0 saturated heterocycles. The van der Waals surface area contributed by atoms with Gasteiger partial charge in [0.25, 0.3) is 5.91 Å². The van der Waals surface area contributed by atoms with Crippen LogP contribution in [0.3, 0.4) is 0 Å². The first-order chi connectivity index (χ1) is 9.19. The summed E-state index contributed by atoms with van der Waals surface area (Å²) < 4.78 is 40.2. The van der Waals surface area contributed by atoms with E-state index < -0.39 is 30.7 Å². The van der Waals surface area contributed by atoms with Gasteiger partial charge in [0.15, 0.2) is 0 Å². The molecule has 5 nitrogen and oxygen atoms in total. The number of rotatable bonds is 5. The molecule has 0 bridgehead atoms. The molecule has 2 amide bonds. The number of nitrogens with one attached hydrogen (secondary N) is 1. The summed E-state index contributed by atoms with van der Waals surface area (Å²) in [5, 5.41) is 2.36. The maximum absolute atomic E-state index is 11.9. The molecule has 0 spiro atoms. The summed E-state index contributed by atoms with van der Waals surface area (Å²) in [5.41, 5.74) is 5.62. The number of halogens is 3. The zero-order valence-electron chi connectivity index (χ0n) is 10.5. The number of amides is 2. The molecule has 20 heavy (non-hydrogen) atoms. The van der Waals surface area contributed by atoms with E-state index in [4.69, 9.17) is 5.73 Å². The van der Waals surface area contributed by atoms with Gasteiger partial charge in [0.05, 0.1) is 0 Å². The lowest BCUT2D eigenvalue weighted by Gasteiger charge is -2.14. The van der Waals surface area contributed by atoms with E-state index in [1.54, 1.807) is 0 Å². The number of ether oxygens (including phenoxy) is 1. The Balaban J connectivity index is 2.55. The van der Waals surface area contributed by atoms with Crippen molar-refractivity contribution >= 4 is 17.5 Å². The molecule has 0 heterocycles. The molecule has 0 aliphatic heterocycles. The van der Waals surface area contributed by atoms with Crippen molar-refractivity contribution in [2.45, 2.75) is 19.2 Å². The second-order valence-corrected chi connectivity index (χ2v) is 4.00. The zero-order valence-corrected chi connectivity index (χ0v) is 10.5. The highest BCUT2D eigenvalue weighted by Gasteiger charge is 2.29. The summed E-state index contributed by atoms with van der Waals surface area (Å²) >= 11 is 0. The van der Waals surface area contributed by atoms with Gasteiger partial charge in [-0.1, -0.05) is 0 Å². The van der Waals surface area contributed by atoms with Crippen LogP contribution in [-0.2, 0) is 9.53 Å². The van der Waals surface area contributed by atoms with Gasteiger partial charge >= 0.3 is 6.18 Å². The van der Waals surface area contributed by atoms with Crippen molar-refractivity contribution in [2.75, 3.05) is 11.9 Å². The van der Waals surface area contributed by atoms with Gasteiger partial charge in [-0.25, -0.2) is 0 Å². The Morgan fingerprint density at radius 2 is 1.85 bits per heavy atom. The molecule has 0 fully saturated rings. The maximum Gasteiger partial charge on any atom is 0.411 e. The summed E-state index contributed by atoms with van der Waals surface area (Å²) in [4.78, 5) is 22.4. The fraction of sp³-hybridized carbons (Fsp3) is 0.333. The summed E-state index contributed by atoms with van der Waals surface area (Å²) in [5.74, 6) is -1.34. The summed E-state index contributed by atoms with van der Waals surface area (Å²) in [6, 6.07) is 5.60. The number of primary amides is 1. The van der Waals surface area contributed by atoms with Crippen molar-refractivity contribution in [2.24, 2.45) is 5.73 Å². The van der Waals surface area contributed by atoms with Gasteiger partial charge in [0, 0.05) is 11.3 Å². The molecule has 1 aromatic rings.